The van der Waals surface area contributed by atoms with E-state index in [1.54, 1.807) is 6.08 Å². The molecule has 0 aliphatic heterocycles. The Kier molecular flexibility index (Phi) is 4.93. The number of benzene rings is 1. The normalized spacial score (nSPS) is 11.0. The van der Waals surface area contributed by atoms with Crippen molar-refractivity contribution < 1.29 is 19.4 Å². The first-order valence-electron chi connectivity index (χ1n) is 7.76. The number of hydrogen-bond donors (Lipinski definition) is 2. The zero-order valence-corrected chi connectivity index (χ0v) is 13.9. The molecule has 0 fully saturated rings. The topological polar surface area (TPSA) is 106 Å². The lowest BCUT2D eigenvalue weighted by atomic mass is 10.1. The molecule has 0 unspecified atom stereocenters. The Balaban J connectivity index is 1.92. The Morgan fingerprint density at radius 3 is 2.77 bits per heavy atom. The standard InChI is InChI=1S/C18H16N4O4/c1-12(23)26-11-20-18(25)16-15(24)9-14(22-17(16)19-10-21-22)8-7-13-5-3-2-4-6-13/h2-10,24H,11H2,1H3,(H,20,25). The van der Waals surface area contributed by atoms with Gasteiger partial charge in [0.15, 0.2) is 12.4 Å². The molecule has 0 bridgehead atoms. The zero-order valence-electron chi connectivity index (χ0n) is 13.9. The number of hydrogen-bond acceptors (Lipinski definition) is 6. The number of fused-ring (bicyclic) bond motifs is 1. The number of pyridine rings is 1. The maximum Gasteiger partial charge on any atom is 0.304 e. The van der Waals surface area contributed by atoms with E-state index in [2.05, 4.69) is 20.1 Å². The highest BCUT2D eigenvalue weighted by Crippen LogP contribution is 2.24. The molecule has 2 heterocycles. The highest BCUT2D eigenvalue weighted by molar-refractivity contribution is 6.02. The summed E-state index contributed by atoms with van der Waals surface area (Å²) in [5, 5.41) is 16.8. The van der Waals surface area contributed by atoms with Gasteiger partial charge in [-0.3, -0.25) is 9.59 Å². The Morgan fingerprint density at radius 1 is 1.27 bits per heavy atom. The molecule has 3 aromatic rings. The molecule has 0 spiro atoms. The second kappa shape index (κ2) is 7.47. The van der Waals surface area contributed by atoms with Crippen LogP contribution in [-0.4, -0.2) is 38.3 Å². The summed E-state index contributed by atoms with van der Waals surface area (Å²) < 4.78 is 6.12. The first-order chi connectivity index (χ1) is 12.6. The average Bonchev–Trinajstić information content (AvgIpc) is 3.09. The molecule has 0 atom stereocenters. The van der Waals surface area contributed by atoms with E-state index in [-0.39, 0.29) is 23.7 Å². The largest absolute Gasteiger partial charge is 0.507 e. The van der Waals surface area contributed by atoms with Crippen LogP contribution in [0.3, 0.4) is 0 Å². The Bertz CT molecular complexity index is 980. The van der Waals surface area contributed by atoms with Gasteiger partial charge in [-0.1, -0.05) is 36.4 Å². The number of amides is 1. The molecule has 1 amide bonds. The van der Waals surface area contributed by atoms with Crippen molar-refractivity contribution in [1.82, 2.24) is 19.9 Å². The van der Waals surface area contributed by atoms with Gasteiger partial charge in [0.1, 0.15) is 17.6 Å². The summed E-state index contributed by atoms with van der Waals surface area (Å²) in [6, 6.07) is 11.0. The van der Waals surface area contributed by atoms with E-state index in [0.717, 1.165) is 5.56 Å². The molecule has 8 heteroatoms. The van der Waals surface area contributed by atoms with Gasteiger partial charge in [-0.05, 0) is 11.6 Å². The number of carbonyl (C=O) groups is 2. The molecule has 8 nitrogen and oxygen atoms in total. The maximum absolute atomic E-state index is 12.3. The highest BCUT2D eigenvalue weighted by Gasteiger charge is 2.19. The van der Waals surface area contributed by atoms with Crippen molar-refractivity contribution in [2.75, 3.05) is 6.73 Å². The van der Waals surface area contributed by atoms with Crippen molar-refractivity contribution in [2.45, 2.75) is 6.92 Å². The number of ether oxygens (including phenoxy) is 1. The molecule has 0 saturated heterocycles. The van der Waals surface area contributed by atoms with Gasteiger partial charge in [-0.25, -0.2) is 9.50 Å². The molecule has 2 N–H and O–H groups in total. The number of nitrogens with zero attached hydrogens (tertiary/aromatic N) is 3. The summed E-state index contributed by atoms with van der Waals surface area (Å²) in [6.07, 6.45) is 4.91. The molecule has 26 heavy (non-hydrogen) atoms. The van der Waals surface area contributed by atoms with Crippen LogP contribution in [0.25, 0.3) is 17.8 Å². The van der Waals surface area contributed by atoms with Gasteiger partial charge in [0, 0.05) is 13.0 Å². The van der Waals surface area contributed by atoms with Crippen molar-refractivity contribution in [1.29, 1.82) is 0 Å². The Morgan fingerprint density at radius 2 is 2.04 bits per heavy atom. The predicted molar refractivity (Wildman–Crippen MR) is 94.1 cm³/mol. The minimum Gasteiger partial charge on any atom is -0.507 e. The molecule has 0 aliphatic rings. The monoisotopic (exact) mass is 352 g/mol. The third-order valence-electron chi connectivity index (χ3n) is 3.54. The van der Waals surface area contributed by atoms with Crippen molar-refractivity contribution >= 4 is 29.7 Å². The maximum atomic E-state index is 12.3. The molecule has 0 radical (unpaired) electrons. The fourth-order valence-electron chi connectivity index (χ4n) is 2.36. The number of aromatic hydroxyl groups is 1. The lowest BCUT2D eigenvalue weighted by Gasteiger charge is -2.09. The van der Waals surface area contributed by atoms with Crippen LogP contribution in [0.5, 0.6) is 5.75 Å². The first kappa shape index (κ1) is 17.2. The average molecular weight is 352 g/mol. The molecule has 1 aromatic carbocycles. The fraction of sp³-hybridized carbons (Fsp3) is 0.111. The summed E-state index contributed by atoms with van der Waals surface area (Å²) in [6.45, 7) is 0.928. The van der Waals surface area contributed by atoms with Crippen LogP contribution in [0.1, 0.15) is 28.5 Å². The SMILES string of the molecule is CC(=O)OCNC(=O)c1c(O)cc(C=Cc2ccccc2)n2ncnc12. The van der Waals surface area contributed by atoms with E-state index in [0.29, 0.717) is 5.69 Å². The third kappa shape index (κ3) is 3.69. The summed E-state index contributed by atoms with van der Waals surface area (Å²) >= 11 is 0. The van der Waals surface area contributed by atoms with E-state index < -0.39 is 11.9 Å². The lowest BCUT2D eigenvalue weighted by molar-refractivity contribution is -0.141. The van der Waals surface area contributed by atoms with Gasteiger partial charge in [0.25, 0.3) is 5.91 Å². The second-order valence-corrected chi connectivity index (χ2v) is 5.36. The summed E-state index contributed by atoms with van der Waals surface area (Å²) in [5.74, 6) is -1.40. The van der Waals surface area contributed by atoms with Gasteiger partial charge in [0.2, 0.25) is 0 Å². The molecule has 132 valence electrons. The van der Waals surface area contributed by atoms with Crippen LogP contribution < -0.4 is 5.32 Å². The number of aromatic nitrogens is 3. The fourth-order valence-corrected chi connectivity index (χ4v) is 2.36. The van der Waals surface area contributed by atoms with E-state index in [1.807, 2.05) is 36.4 Å². The minimum absolute atomic E-state index is 0.0495. The Hall–Kier alpha value is -3.68. The smallest absolute Gasteiger partial charge is 0.304 e. The van der Waals surface area contributed by atoms with E-state index in [9.17, 15) is 14.7 Å². The second-order valence-electron chi connectivity index (χ2n) is 5.36. The van der Waals surface area contributed by atoms with Gasteiger partial charge >= 0.3 is 5.97 Å². The summed E-state index contributed by atoms with van der Waals surface area (Å²) in [5.41, 5.74) is 1.67. The summed E-state index contributed by atoms with van der Waals surface area (Å²) in [7, 11) is 0. The van der Waals surface area contributed by atoms with E-state index in [1.165, 1.54) is 23.8 Å². The van der Waals surface area contributed by atoms with Crippen molar-refractivity contribution in [3.8, 4) is 5.75 Å². The van der Waals surface area contributed by atoms with Crippen molar-refractivity contribution in [2.24, 2.45) is 0 Å². The predicted octanol–water partition coefficient (Wildman–Crippen LogP) is 1.86. The van der Waals surface area contributed by atoms with Crippen molar-refractivity contribution in [3.05, 3.63) is 59.5 Å². The number of esters is 1. The van der Waals surface area contributed by atoms with Gasteiger partial charge in [-0.15, -0.1) is 0 Å². The molecular formula is C18H16N4O4. The zero-order chi connectivity index (χ0) is 18.5. The first-order valence-corrected chi connectivity index (χ1v) is 7.76. The van der Waals surface area contributed by atoms with Crippen LogP contribution in [0.2, 0.25) is 0 Å². The van der Waals surface area contributed by atoms with Crippen LogP contribution in [0.15, 0.2) is 42.7 Å². The molecule has 3 rings (SSSR count). The number of rotatable bonds is 5. The quantitative estimate of drug-likeness (QED) is 0.536. The van der Waals surface area contributed by atoms with Gasteiger partial charge < -0.3 is 15.2 Å². The Labute approximate surface area is 148 Å². The minimum atomic E-state index is -0.625. The molecular weight excluding hydrogens is 336 g/mol. The van der Waals surface area contributed by atoms with Crippen LogP contribution in [-0.2, 0) is 9.53 Å². The number of carbonyl (C=O) groups excluding carboxylic acids is 2. The molecule has 2 aromatic heterocycles. The van der Waals surface area contributed by atoms with E-state index >= 15 is 0 Å². The third-order valence-corrected chi connectivity index (χ3v) is 3.54. The van der Waals surface area contributed by atoms with Crippen LogP contribution >= 0.6 is 0 Å². The van der Waals surface area contributed by atoms with Gasteiger partial charge in [0.05, 0.1) is 5.69 Å². The molecule has 0 saturated carbocycles. The van der Waals surface area contributed by atoms with Crippen molar-refractivity contribution in [3.63, 3.8) is 0 Å². The van der Waals surface area contributed by atoms with Crippen LogP contribution in [0.4, 0.5) is 0 Å². The summed E-state index contributed by atoms with van der Waals surface area (Å²) in [4.78, 5) is 27.1. The highest BCUT2D eigenvalue weighted by atomic mass is 16.5. The molecule has 0 aliphatic carbocycles. The lowest BCUT2D eigenvalue weighted by Crippen LogP contribution is -2.28. The number of nitrogens with one attached hydrogen (secondary N) is 1. The van der Waals surface area contributed by atoms with Crippen LogP contribution in [0, 0.1) is 0 Å². The van der Waals surface area contributed by atoms with E-state index in [4.69, 9.17) is 0 Å². The van der Waals surface area contributed by atoms with Gasteiger partial charge in [-0.2, -0.15) is 5.10 Å².